The fourth-order valence-electron chi connectivity index (χ4n) is 1.47. The van der Waals surface area contributed by atoms with Crippen LogP contribution in [0, 0.1) is 6.92 Å². The summed E-state index contributed by atoms with van der Waals surface area (Å²) in [6.07, 6.45) is 1.93. The highest BCUT2D eigenvalue weighted by Crippen LogP contribution is 2.16. The van der Waals surface area contributed by atoms with Crippen LogP contribution in [0.5, 0.6) is 0 Å². The van der Waals surface area contributed by atoms with Gasteiger partial charge in [0.05, 0.1) is 6.54 Å². The van der Waals surface area contributed by atoms with E-state index in [1.807, 2.05) is 17.8 Å². The zero-order chi connectivity index (χ0) is 13.9. The first-order chi connectivity index (χ1) is 9.27. The van der Waals surface area contributed by atoms with E-state index in [-0.39, 0.29) is 24.0 Å². The van der Waals surface area contributed by atoms with Crippen molar-refractivity contribution in [3.63, 3.8) is 0 Å². The Morgan fingerprint density at radius 2 is 2.30 bits per heavy atom. The van der Waals surface area contributed by atoms with Crippen LogP contribution in [0.2, 0.25) is 0 Å². The summed E-state index contributed by atoms with van der Waals surface area (Å²) in [5.41, 5.74) is 1.33. The molecule has 114 valence electrons. The molecule has 0 fully saturated rings. The van der Waals surface area contributed by atoms with Gasteiger partial charge in [0.1, 0.15) is 0 Å². The van der Waals surface area contributed by atoms with Crippen molar-refractivity contribution in [2.45, 2.75) is 20.4 Å². The molecule has 0 aliphatic rings. The van der Waals surface area contributed by atoms with Crippen molar-refractivity contribution in [1.82, 2.24) is 10.6 Å². The highest BCUT2D eigenvalue weighted by Gasteiger charge is 2.00. The average molecular weight is 425 g/mol. The molecule has 1 rings (SSSR count). The van der Waals surface area contributed by atoms with Gasteiger partial charge in [-0.15, -0.1) is 41.9 Å². The smallest absolute Gasteiger partial charge is 0.191 e. The molecule has 0 radical (unpaired) electrons. The molecular formula is C14H24IN3S2. The van der Waals surface area contributed by atoms with E-state index in [0.29, 0.717) is 0 Å². The summed E-state index contributed by atoms with van der Waals surface area (Å²) >= 11 is 3.64. The van der Waals surface area contributed by atoms with E-state index in [2.05, 4.69) is 47.5 Å². The van der Waals surface area contributed by atoms with Crippen LogP contribution in [-0.2, 0) is 6.54 Å². The van der Waals surface area contributed by atoms with Crippen LogP contribution in [0.3, 0.4) is 0 Å². The van der Waals surface area contributed by atoms with Gasteiger partial charge in [-0.1, -0.05) is 6.08 Å². The van der Waals surface area contributed by atoms with Crippen molar-refractivity contribution in [2.24, 2.45) is 4.99 Å². The molecule has 0 aromatic carbocycles. The summed E-state index contributed by atoms with van der Waals surface area (Å²) in [6, 6.07) is 2.14. The van der Waals surface area contributed by atoms with E-state index in [1.54, 1.807) is 11.3 Å². The Kier molecular flexibility index (Phi) is 12.4. The number of nitrogens with one attached hydrogen (secondary N) is 2. The summed E-state index contributed by atoms with van der Waals surface area (Å²) in [5.74, 6) is 2.97. The second-order valence-electron chi connectivity index (χ2n) is 4.01. The fourth-order valence-corrected chi connectivity index (χ4v) is 2.88. The molecule has 20 heavy (non-hydrogen) atoms. The Bertz CT molecular complexity index is 405. The second-order valence-corrected chi connectivity index (χ2v) is 6.16. The topological polar surface area (TPSA) is 36.4 Å². The van der Waals surface area contributed by atoms with Crippen molar-refractivity contribution in [3.05, 3.63) is 34.5 Å². The van der Waals surface area contributed by atoms with Gasteiger partial charge in [0, 0.05) is 29.5 Å². The van der Waals surface area contributed by atoms with Crippen LogP contribution in [0.1, 0.15) is 17.4 Å². The Balaban J connectivity index is 0.00000361. The van der Waals surface area contributed by atoms with Gasteiger partial charge < -0.3 is 10.6 Å². The predicted molar refractivity (Wildman–Crippen MR) is 105 cm³/mol. The number of aryl methyl sites for hydroxylation is 1. The first kappa shape index (κ1) is 19.8. The quantitative estimate of drug-likeness (QED) is 0.220. The number of aliphatic imine (C=N–C) groups is 1. The molecule has 0 atom stereocenters. The predicted octanol–water partition coefficient (Wildman–Crippen LogP) is 3.65. The first-order valence-corrected chi connectivity index (χ1v) is 8.55. The largest absolute Gasteiger partial charge is 0.357 e. The minimum absolute atomic E-state index is 0. The third-order valence-electron chi connectivity index (χ3n) is 2.47. The van der Waals surface area contributed by atoms with Crippen LogP contribution in [0.4, 0.5) is 0 Å². The van der Waals surface area contributed by atoms with Gasteiger partial charge in [0.25, 0.3) is 0 Å². The number of thioether (sulfide) groups is 1. The molecule has 1 heterocycles. The van der Waals surface area contributed by atoms with Gasteiger partial charge in [0.2, 0.25) is 0 Å². The Morgan fingerprint density at radius 1 is 1.50 bits per heavy atom. The lowest BCUT2D eigenvalue weighted by Crippen LogP contribution is -2.38. The first-order valence-electron chi connectivity index (χ1n) is 6.51. The van der Waals surface area contributed by atoms with E-state index >= 15 is 0 Å². The van der Waals surface area contributed by atoms with E-state index in [4.69, 9.17) is 0 Å². The molecule has 1 aromatic heterocycles. The minimum Gasteiger partial charge on any atom is -0.357 e. The lowest BCUT2D eigenvalue weighted by Gasteiger charge is -2.10. The molecule has 0 spiro atoms. The maximum Gasteiger partial charge on any atom is 0.191 e. The molecule has 2 N–H and O–H groups in total. The number of hydrogen-bond donors (Lipinski definition) is 2. The molecule has 0 aliphatic heterocycles. The molecule has 6 heteroatoms. The SMILES string of the molecule is C=CCSCCNC(=NCc1sccc1C)NCC.I. The van der Waals surface area contributed by atoms with Crippen LogP contribution in [0.15, 0.2) is 29.1 Å². The zero-order valence-corrected chi connectivity index (χ0v) is 16.1. The molecule has 0 amide bonds. The maximum atomic E-state index is 4.61. The number of guanidine groups is 1. The van der Waals surface area contributed by atoms with Crippen LogP contribution in [-0.4, -0.2) is 30.6 Å². The van der Waals surface area contributed by atoms with Crippen LogP contribution < -0.4 is 10.6 Å². The lowest BCUT2D eigenvalue weighted by molar-refractivity contribution is 0.844. The Morgan fingerprint density at radius 3 is 2.90 bits per heavy atom. The van der Waals surface area contributed by atoms with Gasteiger partial charge >= 0.3 is 0 Å². The van der Waals surface area contributed by atoms with Crippen molar-refractivity contribution in [2.75, 3.05) is 24.6 Å². The normalized spacial score (nSPS) is 10.8. The molecule has 0 bridgehead atoms. The molecule has 3 nitrogen and oxygen atoms in total. The Hall–Kier alpha value is -0.210. The highest BCUT2D eigenvalue weighted by atomic mass is 127. The fraction of sp³-hybridized carbons (Fsp3) is 0.500. The van der Waals surface area contributed by atoms with E-state index in [0.717, 1.165) is 37.1 Å². The summed E-state index contributed by atoms with van der Waals surface area (Å²) < 4.78 is 0. The summed E-state index contributed by atoms with van der Waals surface area (Å²) in [5, 5.41) is 8.74. The van der Waals surface area contributed by atoms with Gasteiger partial charge in [-0.3, -0.25) is 0 Å². The van der Waals surface area contributed by atoms with Crippen molar-refractivity contribution in [3.8, 4) is 0 Å². The summed E-state index contributed by atoms with van der Waals surface area (Å²) in [7, 11) is 0. The average Bonchev–Trinajstić information content (AvgIpc) is 2.81. The number of nitrogens with zero attached hydrogens (tertiary/aromatic N) is 1. The molecule has 0 saturated carbocycles. The molecule has 0 aliphatic carbocycles. The van der Waals surface area contributed by atoms with Gasteiger partial charge in [-0.05, 0) is 30.9 Å². The zero-order valence-electron chi connectivity index (χ0n) is 12.1. The van der Waals surface area contributed by atoms with Crippen LogP contribution >= 0.6 is 47.1 Å². The van der Waals surface area contributed by atoms with Crippen molar-refractivity contribution in [1.29, 1.82) is 0 Å². The van der Waals surface area contributed by atoms with E-state index in [9.17, 15) is 0 Å². The second kappa shape index (κ2) is 12.5. The number of rotatable bonds is 8. The van der Waals surface area contributed by atoms with Gasteiger partial charge in [0.15, 0.2) is 5.96 Å². The van der Waals surface area contributed by atoms with Gasteiger partial charge in [-0.2, -0.15) is 11.8 Å². The number of thiophene rings is 1. The standard InChI is InChI=1S/C14H23N3S2.HI/c1-4-8-18-10-7-16-14(15-5-2)17-11-13-12(3)6-9-19-13;/h4,6,9H,1,5,7-8,10-11H2,2-3H3,(H2,15,16,17);1H. The third kappa shape index (κ3) is 8.16. The lowest BCUT2D eigenvalue weighted by atomic mass is 10.3. The maximum absolute atomic E-state index is 4.61. The Labute approximate surface area is 147 Å². The molecule has 0 unspecified atom stereocenters. The summed E-state index contributed by atoms with van der Waals surface area (Å²) in [4.78, 5) is 5.94. The minimum atomic E-state index is 0. The monoisotopic (exact) mass is 425 g/mol. The van der Waals surface area contributed by atoms with E-state index < -0.39 is 0 Å². The number of hydrogen-bond acceptors (Lipinski definition) is 3. The van der Waals surface area contributed by atoms with Crippen molar-refractivity contribution < 1.29 is 0 Å². The third-order valence-corrected chi connectivity index (χ3v) is 4.44. The van der Waals surface area contributed by atoms with Crippen molar-refractivity contribution >= 4 is 53.0 Å². The van der Waals surface area contributed by atoms with Gasteiger partial charge in [-0.25, -0.2) is 4.99 Å². The summed E-state index contributed by atoms with van der Waals surface area (Å²) in [6.45, 7) is 10.5. The number of halogens is 1. The van der Waals surface area contributed by atoms with Crippen LogP contribution in [0.25, 0.3) is 0 Å². The molecule has 0 saturated heterocycles. The molecule has 1 aromatic rings. The molecular weight excluding hydrogens is 401 g/mol. The highest BCUT2D eigenvalue weighted by molar-refractivity contribution is 14.0. The van der Waals surface area contributed by atoms with E-state index in [1.165, 1.54) is 10.4 Å².